The number of carbonyl (C=O) groups is 2. The summed E-state index contributed by atoms with van der Waals surface area (Å²) in [6, 6.07) is 0.154. The molecule has 0 radical (unpaired) electrons. The van der Waals surface area contributed by atoms with E-state index in [1.54, 1.807) is 0 Å². The van der Waals surface area contributed by atoms with Crippen LogP contribution in [-0.4, -0.2) is 30.9 Å². The van der Waals surface area contributed by atoms with E-state index in [4.69, 9.17) is 5.73 Å². The summed E-state index contributed by atoms with van der Waals surface area (Å²) in [4.78, 5) is 23.5. The van der Waals surface area contributed by atoms with Gasteiger partial charge in [0.05, 0.1) is 0 Å². The second kappa shape index (κ2) is 6.37. The Morgan fingerprint density at radius 1 is 1.05 bits per heavy atom. The van der Waals surface area contributed by atoms with Crippen molar-refractivity contribution in [3.05, 3.63) is 0 Å². The van der Waals surface area contributed by atoms with E-state index in [-0.39, 0.29) is 29.7 Å². The summed E-state index contributed by atoms with van der Waals surface area (Å²) in [5, 5.41) is 5.75. The zero-order chi connectivity index (χ0) is 13.8. The van der Waals surface area contributed by atoms with Gasteiger partial charge in [-0.05, 0) is 38.0 Å². The minimum atomic E-state index is 0.0304. The van der Waals surface area contributed by atoms with Crippen molar-refractivity contribution in [2.24, 2.45) is 23.5 Å². The Morgan fingerprint density at radius 3 is 2.32 bits per heavy atom. The van der Waals surface area contributed by atoms with Gasteiger partial charge in [-0.3, -0.25) is 9.59 Å². The van der Waals surface area contributed by atoms with Gasteiger partial charge in [0, 0.05) is 31.0 Å². The van der Waals surface area contributed by atoms with Gasteiger partial charge in [-0.2, -0.15) is 0 Å². The van der Waals surface area contributed by atoms with E-state index in [9.17, 15) is 9.59 Å². The zero-order valence-electron chi connectivity index (χ0n) is 11.7. The fourth-order valence-corrected chi connectivity index (χ4v) is 2.71. The van der Waals surface area contributed by atoms with Gasteiger partial charge in [0.1, 0.15) is 0 Å². The molecule has 0 aromatic heterocycles. The molecule has 0 aliphatic heterocycles. The van der Waals surface area contributed by atoms with Crippen LogP contribution in [0.2, 0.25) is 0 Å². The Labute approximate surface area is 114 Å². The standard InChI is InChI=1S/C14H25N3O2/c1-9-2-5-11(15)8-12(9)14(19)17-7-6-16-13(18)10-3-4-10/h9-12H,2-8,15H2,1H3,(H,16,18)(H,17,19). The van der Waals surface area contributed by atoms with Crippen molar-refractivity contribution < 1.29 is 9.59 Å². The minimum Gasteiger partial charge on any atom is -0.354 e. The summed E-state index contributed by atoms with van der Waals surface area (Å²) in [6.45, 7) is 3.15. The van der Waals surface area contributed by atoms with Crippen molar-refractivity contribution in [3.8, 4) is 0 Å². The lowest BCUT2D eigenvalue weighted by atomic mass is 9.78. The van der Waals surface area contributed by atoms with Gasteiger partial charge in [0.15, 0.2) is 0 Å². The van der Waals surface area contributed by atoms with Gasteiger partial charge in [-0.25, -0.2) is 0 Å². The maximum absolute atomic E-state index is 12.1. The molecule has 2 rings (SSSR count). The van der Waals surface area contributed by atoms with E-state index in [1.165, 1.54) is 0 Å². The lowest BCUT2D eigenvalue weighted by Gasteiger charge is -2.31. The van der Waals surface area contributed by atoms with Gasteiger partial charge in [0.25, 0.3) is 0 Å². The van der Waals surface area contributed by atoms with Crippen LogP contribution in [0.1, 0.15) is 39.0 Å². The molecular formula is C14H25N3O2. The quantitative estimate of drug-likeness (QED) is 0.630. The van der Waals surface area contributed by atoms with E-state index < -0.39 is 0 Å². The predicted molar refractivity (Wildman–Crippen MR) is 73.2 cm³/mol. The molecule has 0 aromatic carbocycles. The summed E-state index contributed by atoms with van der Waals surface area (Å²) in [5.74, 6) is 0.876. The van der Waals surface area contributed by atoms with Gasteiger partial charge in [-0.15, -0.1) is 0 Å². The number of hydrogen-bond acceptors (Lipinski definition) is 3. The first-order chi connectivity index (χ1) is 9.08. The van der Waals surface area contributed by atoms with E-state index in [0.717, 1.165) is 32.1 Å². The fraction of sp³-hybridized carbons (Fsp3) is 0.857. The van der Waals surface area contributed by atoms with Gasteiger partial charge in [0.2, 0.25) is 11.8 Å². The summed E-state index contributed by atoms with van der Waals surface area (Å²) in [5.41, 5.74) is 5.92. The van der Waals surface area contributed by atoms with E-state index >= 15 is 0 Å². The largest absolute Gasteiger partial charge is 0.354 e. The van der Waals surface area contributed by atoms with Crippen LogP contribution in [0.3, 0.4) is 0 Å². The molecule has 3 atom stereocenters. The summed E-state index contributed by atoms with van der Waals surface area (Å²) in [7, 11) is 0. The first-order valence-corrected chi connectivity index (χ1v) is 7.39. The molecule has 5 heteroatoms. The van der Waals surface area contributed by atoms with Gasteiger partial charge < -0.3 is 16.4 Å². The lowest BCUT2D eigenvalue weighted by molar-refractivity contribution is -0.128. The number of nitrogens with two attached hydrogens (primary N) is 1. The van der Waals surface area contributed by atoms with Crippen LogP contribution < -0.4 is 16.4 Å². The Morgan fingerprint density at radius 2 is 1.68 bits per heavy atom. The van der Waals surface area contributed by atoms with Crippen LogP contribution in [-0.2, 0) is 9.59 Å². The first kappa shape index (κ1) is 14.3. The van der Waals surface area contributed by atoms with Crippen molar-refractivity contribution in [2.45, 2.75) is 45.1 Å². The van der Waals surface area contributed by atoms with Crippen LogP contribution in [0.15, 0.2) is 0 Å². The number of carbonyl (C=O) groups excluding carboxylic acids is 2. The molecule has 5 nitrogen and oxygen atoms in total. The Balaban J connectivity index is 1.64. The highest BCUT2D eigenvalue weighted by molar-refractivity contribution is 5.81. The molecule has 2 aliphatic rings. The molecule has 0 spiro atoms. The van der Waals surface area contributed by atoms with Crippen molar-refractivity contribution in [1.29, 1.82) is 0 Å². The van der Waals surface area contributed by atoms with E-state index in [1.807, 2.05) is 0 Å². The topological polar surface area (TPSA) is 84.2 Å². The second-order valence-electron chi connectivity index (χ2n) is 6.01. The van der Waals surface area contributed by atoms with Crippen molar-refractivity contribution >= 4 is 11.8 Å². The third-order valence-corrected chi connectivity index (χ3v) is 4.24. The van der Waals surface area contributed by atoms with Crippen LogP contribution in [0.25, 0.3) is 0 Å². The highest BCUT2D eigenvalue weighted by atomic mass is 16.2. The molecule has 2 saturated carbocycles. The third-order valence-electron chi connectivity index (χ3n) is 4.24. The smallest absolute Gasteiger partial charge is 0.223 e. The minimum absolute atomic E-state index is 0.0304. The maximum atomic E-state index is 12.1. The molecular weight excluding hydrogens is 242 g/mol. The van der Waals surface area contributed by atoms with Gasteiger partial charge in [-0.1, -0.05) is 6.92 Å². The van der Waals surface area contributed by atoms with Crippen molar-refractivity contribution in [3.63, 3.8) is 0 Å². The molecule has 2 aliphatic carbocycles. The monoisotopic (exact) mass is 267 g/mol. The molecule has 19 heavy (non-hydrogen) atoms. The molecule has 0 aromatic rings. The molecule has 108 valence electrons. The Kier molecular flexibility index (Phi) is 4.80. The Bertz CT molecular complexity index is 342. The number of nitrogens with one attached hydrogen (secondary N) is 2. The molecule has 0 heterocycles. The van der Waals surface area contributed by atoms with Crippen LogP contribution in [0.4, 0.5) is 0 Å². The van der Waals surface area contributed by atoms with Crippen LogP contribution in [0, 0.1) is 17.8 Å². The maximum Gasteiger partial charge on any atom is 0.223 e. The second-order valence-corrected chi connectivity index (χ2v) is 6.01. The zero-order valence-corrected chi connectivity index (χ0v) is 11.7. The van der Waals surface area contributed by atoms with Crippen LogP contribution in [0.5, 0.6) is 0 Å². The molecule has 3 unspecified atom stereocenters. The molecule has 4 N–H and O–H groups in total. The molecule has 2 amide bonds. The van der Waals surface area contributed by atoms with Crippen molar-refractivity contribution in [2.75, 3.05) is 13.1 Å². The number of amides is 2. The third kappa shape index (κ3) is 4.20. The highest BCUT2D eigenvalue weighted by Gasteiger charge is 2.31. The summed E-state index contributed by atoms with van der Waals surface area (Å²) < 4.78 is 0. The Hall–Kier alpha value is -1.10. The average Bonchev–Trinajstić information content (AvgIpc) is 3.21. The van der Waals surface area contributed by atoms with Crippen LogP contribution >= 0.6 is 0 Å². The summed E-state index contributed by atoms with van der Waals surface area (Å²) in [6.07, 6.45) is 4.84. The lowest BCUT2D eigenvalue weighted by Crippen LogP contribution is -2.43. The fourth-order valence-electron chi connectivity index (χ4n) is 2.71. The number of hydrogen-bond donors (Lipinski definition) is 3. The molecule has 2 fully saturated rings. The summed E-state index contributed by atoms with van der Waals surface area (Å²) >= 11 is 0. The molecule has 0 bridgehead atoms. The first-order valence-electron chi connectivity index (χ1n) is 7.39. The molecule has 0 saturated heterocycles. The predicted octanol–water partition coefficient (Wildman–Crippen LogP) is 0.392. The van der Waals surface area contributed by atoms with E-state index in [0.29, 0.717) is 19.0 Å². The normalized spacial score (nSPS) is 30.7. The average molecular weight is 267 g/mol. The van der Waals surface area contributed by atoms with Gasteiger partial charge >= 0.3 is 0 Å². The van der Waals surface area contributed by atoms with Crippen molar-refractivity contribution in [1.82, 2.24) is 10.6 Å². The SMILES string of the molecule is CC1CCC(N)CC1C(=O)NCCNC(=O)C1CC1. The van der Waals surface area contributed by atoms with E-state index in [2.05, 4.69) is 17.6 Å². The number of rotatable bonds is 5. The highest BCUT2D eigenvalue weighted by Crippen LogP contribution is 2.29.